The summed E-state index contributed by atoms with van der Waals surface area (Å²) in [6.45, 7) is 8.16. The lowest BCUT2D eigenvalue weighted by Crippen LogP contribution is -2.40. The third-order valence-electron chi connectivity index (χ3n) is 6.40. The van der Waals surface area contributed by atoms with E-state index in [2.05, 4.69) is 50.3 Å². The van der Waals surface area contributed by atoms with E-state index >= 15 is 0 Å². The van der Waals surface area contributed by atoms with Crippen molar-refractivity contribution in [2.24, 2.45) is 18.0 Å². The smallest absolute Gasteiger partial charge is 0.275 e. The molecule has 4 rings (SSSR count). The maximum Gasteiger partial charge on any atom is 0.275 e. The highest BCUT2D eigenvalue weighted by atomic mass is 16.2. The number of likely N-dealkylation sites (tertiary alicyclic amines) is 1. The van der Waals surface area contributed by atoms with Crippen molar-refractivity contribution >= 4 is 28.2 Å². The third kappa shape index (κ3) is 5.64. The van der Waals surface area contributed by atoms with E-state index in [1.54, 1.807) is 23.9 Å². The molecule has 3 heterocycles. The summed E-state index contributed by atoms with van der Waals surface area (Å²) in [5.41, 5.74) is 2.65. The number of piperidine rings is 1. The van der Waals surface area contributed by atoms with E-state index in [4.69, 9.17) is 6.42 Å². The largest absolute Gasteiger partial charge is 0.305 e. The molecule has 2 aromatic heterocycles. The van der Waals surface area contributed by atoms with Crippen LogP contribution in [0, 0.1) is 18.3 Å². The topological polar surface area (TPSA) is 88.3 Å². The predicted molar refractivity (Wildman–Crippen MR) is 142 cm³/mol. The minimum atomic E-state index is -0.336. The Labute approximate surface area is 207 Å². The molecule has 0 unspecified atom stereocenters. The summed E-state index contributed by atoms with van der Waals surface area (Å²) in [4.78, 5) is 24.4. The number of benzene rings is 1. The minimum absolute atomic E-state index is 0. The number of hydrogen-bond acceptors (Lipinski definition) is 6. The number of nitrogens with zero attached hydrogens (tertiary/aromatic N) is 6. The van der Waals surface area contributed by atoms with E-state index in [9.17, 15) is 4.79 Å². The van der Waals surface area contributed by atoms with Gasteiger partial charge in [-0.1, -0.05) is 29.3 Å². The van der Waals surface area contributed by atoms with Gasteiger partial charge in [0.05, 0.1) is 11.9 Å². The maximum atomic E-state index is 13.0. The number of hydrogen-bond donors (Lipinski definition) is 1. The second-order valence-electron chi connectivity index (χ2n) is 9.08. The number of rotatable bonds is 6. The molecule has 182 valence electrons. The van der Waals surface area contributed by atoms with Crippen molar-refractivity contribution < 1.29 is 6.22 Å². The van der Waals surface area contributed by atoms with Gasteiger partial charge in [-0.25, -0.2) is 9.98 Å². The molecule has 8 nitrogen and oxygen atoms in total. The molecule has 1 amide bonds. The minimum Gasteiger partial charge on any atom is -0.305 e. The zero-order valence-electron chi connectivity index (χ0n) is 20.7. The van der Waals surface area contributed by atoms with Gasteiger partial charge in [0.15, 0.2) is 0 Å². The Morgan fingerprint density at radius 2 is 2.06 bits per heavy atom. The van der Waals surface area contributed by atoms with Crippen molar-refractivity contribution in [2.75, 3.05) is 18.4 Å². The average Bonchev–Trinajstić information content (AvgIpc) is 3.30. The van der Waals surface area contributed by atoms with Crippen LogP contribution in [0.25, 0.3) is 22.0 Å². The van der Waals surface area contributed by atoms with Crippen molar-refractivity contribution in [1.82, 2.24) is 24.9 Å². The number of carbonyl (C=O) groups excluding carboxylic acids is 1. The summed E-state index contributed by atoms with van der Waals surface area (Å²) >= 11 is 0. The highest BCUT2D eigenvalue weighted by molar-refractivity contribution is 6.09. The number of aryl methyl sites for hydroxylation is 1. The molecule has 35 heavy (non-hydrogen) atoms. The molecule has 1 fully saturated rings. The van der Waals surface area contributed by atoms with Crippen molar-refractivity contribution in [3.8, 4) is 23.6 Å². The fourth-order valence-corrected chi connectivity index (χ4v) is 4.34. The Bertz CT molecular complexity index is 1330. The van der Waals surface area contributed by atoms with Crippen LogP contribution in [-0.4, -0.2) is 55.6 Å². The standard InChI is InChI=1S/C27H31N7O.H2/c1-6-23(19-10-12-34(13-11-19)18(3)4)29-24(7-2)27(35)30-26-15-22-14-20(8-9-21(22)16-28-26)25-17-33(5)32-31-25;/h1,7-9,14-19H,10-13H2,2-5H3,(H,28,30,35);1H/b24-7-,29-23?;. The van der Waals surface area contributed by atoms with Gasteiger partial charge in [0.2, 0.25) is 0 Å². The summed E-state index contributed by atoms with van der Waals surface area (Å²) in [5.74, 6) is 3.03. The molecule has 0 spiro atoms. The highest BCUT2D eigenvalue weighted by Gasteiger charge is 2.24. The van der Waals surface area contributed by atoms with Crippen molar-refractivity contribution in [3.05, 3.63) is 48.4 Å². The van der Waals surface area contributed by atoms with E-state index in [1.807, 2.05) is 37.5 Å². The fourth-order valence-electron chi connectivity index (χ4n) is 4.34. The Hall–Kier alpha value is -3.83. The molecular weight excluding hydrogens is 438 g/mol. The SMILES string of the molecule is C#CC(=N/C(=C\C)C(=O)Nc1cc2cc(-c3cn(C)nn3)ccc2cn1)C1CCN(C(C)C)CC1.[HH]. The first kappa shape index (κ1) is 24.3. The molecule has 0 radical (unpaired) electrons. The van der Waals surface area contributed by atoms with Gasteiger partial charge >= 0.3 is 0 Å². The molecule has 0 bridgehead atoms. The molecule has 1 aliphatic heterocycles. The molecule has 0 aliphatic carbocycles. The number of anilines is 1. The van der Waals surface area contributed by atoms with Crippen LogP contribution in [0.5, 0.6) is 0 Å². The number of carbonyl (C=O) groups is 1. The first-order valence-corrected chi connectivity index (χ1v) is 11.9. The average molecular weight is 472 g/mol. The van der Waals surface area contributed by atoms with Crippen LogP contribution >= 0.6 is 0 Å². The molecule has 0 saturated carbocycles. The lowest BCUT2D eigenvalue weighted by atomic mass is 9.91. The van der Waals surface area contributed by atoms with Crippen LogP contribution in [-0.2, 0) is 11.8 Å². The van der Waals surface area contributed by atoms with Gasteiger partial charge in [-0.15, -0.1) is 11.5 Å². The molecule has 1 saturated heterocycles. The normalized spacial score (nSPS) is 16.0. The second-order valence-corrected chi connectivity index (χ2v) is 9.08. The number of aliphatic imine (C=N–C) groups is 1. The van der Waals surface area contributed by atoms with Gasteiger partial charge in [-0.2, -0.15) is 0 Å². The molecule has 3 aromatic rings. The van der Waals surface area contributed by atoms with Gasteiger partial charge in [-0.3, -0.25) is 9.48 Å². The zero-order chi connectivity index (χ0) is 24.9. The Balaban J connectivity index is 0.00000361. The molecule has 0 atom stereocenters. The molecule has 8 heteroatoms. The maximum absolute atomic E-state index is 13.0. The monoisotopic (exact) mass is 471 g/mol. The summed E-state index contributed by atoms with van der Waals surface area (Å²) < 4.78 is 1.66. The fraction of sp³-hybridized carbons (Fsp3) is 0.370. The van der Waals surface area contributed by atoms with Crippen LogP contribution < -0.4 is 5.32 Å². The van der Waals surface area contributed by atoms with Crippen LogP contribution in [0.2, 0.25) is 0 Å². The predicted octanol–water partition coefficient (Wildman–Crippen LogP) is 4.31. The Kier molecular flexibility index (Phi) is 7.37. The van der Waals surface area contributed by atoms with E-state index in [-0.39, 0.29) is 13.3 Å². The highest BCUT2D eigenvalue weighted by Crippen LogP contribution is 2.25. The van der Waals surface area contributed by atoms with Gasteiger partial charge in [0, 0.05) is 37.6 Å². The summed E-state index contributed by atoms with van der Waals surface area (Å²) in [5, 5.41) is 12.9. The second kappa shape index (κ2) is 10.6. The van der Waals surface area contributed by atoms with Crippen molar-refractivity contribution in [1.29, 1.82) is 0 Å². The number of pyridine rings is 1. The van der Waals surface area contributed by atoms with Crippen LogP contribution in [0.1, 0.15) is 35.0 Å². The number of allylic oxidation sites excluding steroid dienone is 1. The lowest BCUT2D eigenvalue weighted by molar-refractivity contribution is -0.112. The van der Waals surface area contributed by atoms with Gasteiger partial charge in [0.25, 0.3) is 5.91 Å². The third-order valence-corrected chi connectivity index (χ3v) is 6.40. The summed E-state index contributed by atoms with van der Waals surface area (Å²) in [6, 6.07) is 8.32. The number of nitrogens with one attached hydrogen (secondary N) is 1. The first-order chi connectivity index (χ1) is 16.9. The van der Waals surface area contributed by atoms with E-state index in [0.29, 0.717) is 23.3 Å². The molecule has 1 N–H and O–H groups in total. The molecule has 1 aromatic carbocycles. The number of amides is 1. The van der Waals surface area contributed by atoms with E-state index in [1.165, 1.54) is 0 Å². The van der Waals surface area contributed by atoms with Crippen LogP contribution in [0.3, 0.4) is 0 Å². The zero-order valence-corrected chi connectivity index (χ0v) is 20.7. The lowest BCUT2D eigenvalue weighted by Gasteiger charge is -2.34. The van der Waals surface area contributed by atoms with E-state index < -0.39 is 0 Å². The Morgan fingerprint density at radius 1 is 1.29 bits per heavy atom. The van der Waals surface area contributed by atoms with Gasteiger partial charge in [-0.05, 0) is 64.2 Å². The van der Waals surface area contributed by atoms with Gasteiger partial charge < -0.3 is 10.2 Å². The number of terminal acetylenes is 1. The molecule has 1 aliphatic rings. The van der Waals surface area contributed by atoms with Crippen LogP contribution in [0.15, 0.2) is 53.4 Å². The quantitative estimate of drug-likeness (QED) is 0.329. The van der Waals surface area contributed by atoms with Crippen LogP contribution in [0.4, 0.5) is 5.82 Å². The van der Waals surface area contributed by atoms with Gasteiger partial charge in [0.1, 0.15) is 17.2 Å². The summed E-state index contributed by atoms with van der Waals surface area (Å²) in [7, 11) is 1.83. The summed E-state index contributed by atoms with van der Waals surface area (Å²) in [6.07, 6.45) is 13.0. The number of aromatic nitrogens is 4. The van der Waals surface area contributed by atoms with Crippen molar-refractivity contribution in [3.63, 3.8) is 0 Å². The van der Waals surface area contributed by atoms with E-state index in [0.717, 1.165) is 48.0 Å². The first-order valence-electron chi connectivity index (χ1n) is 11.9. The number of fused-ring (bicyclic) bond motifs is 1. The Morgan fingerprint density at radius 3 is 2.69 bits per heavy atom. The molecular formula is C27H33N7O. The van der Waals surface area contributed by atoms with Crippen molar-refractivity contribution in [2.45, 2.75) is 39.7 Å².